The van der Waals surface area contributed by atoms with Crippen molar-refractivity contribution in [1.29, 1.82) is 0 Å². The third-order valence-electron chi connectivity index (χ3n) is 0.615. The fourth-order valence-corrected chi connectivity index (χ4v) is 0.240. The second-order valence-electron chi connectivity index (χ2n) is 1.29. The Morgan fingerprint density at radius 1 is 1.75 bits per heavy atom. The minimum Gasteiger partial charge on any atom is -0.403 e. The zero-order valence-electron chi connectivity index (χ0n) is 4.96. The largest absolute Gasteiger partial charge is 0.403 e. The molecule has 0 aliphatic carbocycles. The quantitative estimate of drug-likeness (QED) is 0.488. The van der Waals surface area contributed by atoms with Crippen molar-refractivity contribution in [2.24, 2.45) is 16.5 Å². The molecular weight excluding hydrogens is 102 g/mol. The number of nitrogens with zero attached hydrogens (tertiary/aromatic N) is 1. The van der Waals surface area contributed by atoms with Crippen molar-refractivity contribution in [3.8, 4) is 0 Å². The van der Waals surface area contributed by atoms with E-state index in [1.165, 1.54) is 6.20 Å². The molecule has 0 amide bonds. The summed E-state index contributed by atoms with van der Waals surface area (Å²) in [6, 6.07) is 0. The third-order valence-corrected chi connectivity index (χ3v) is 0.615. The highest BCUT2D eigenvalue weighted by molar-refractivity contribution is 5.76. The molecule has 0 aromatic carbocycles. The van der Waals surface area contributed by atoms with Crippen LogP contribution < -0.4 is 11.5 Å². The molecule has 3 nitrogen and oxygen atoms in total. The number of aliphatic imine (C=N–C) groups is 1. The molecule has 0 rings (SSSR count). The summed E-state index contributed by atoms with van der Waals surface area (Å²) in [4.78, 5) is 3.84. The summed E-state index contributed by atoms with van der Waals surface area (Å²) in [6.07, 6.45) is 2.86. The minimum atomic E-state index is 0.506. The standard InChI is InChI=1S/C5H11N3/c1-2-8-4-5(7)3-6/h3-4H,2,6-7H2,1H3/b5-3+,8-4-. The van der Waals surface area contributed by atoms with Crippen LogP contribution in [0, 0.1) is 0 Å². The normalized spacial score (nSPS) is 12.9. The average Bonchev–Trinajstić information content (AvgIpc) is 1.83. The van der Waals surface area contributed by atoms with Crippen molar-refractivity contribution in [1.82, 2.24) is 0 Å². The van der Waals surface area contributed by atoms with Gasteiger partial charge in [-0.15, -0.1) is 0 Å². The Morgan fingerprint density at radius 2 is 2.38 bits per heavy atom. The van der Waals surface area contributed by atoms with Crippen molar-refractivity contribution in [2.45, 2.75) is 6.92 Å². The Labute approximate surface area is 49.1 Å². The smallest absolute Gasteiger partial charge is 0.0652 e. The molecule has 0 aliphatic rings. The molecule has 0 saturated carbocycles. The van der Waals surface area contributed by atoms with Gasteiger partial charge in [0.15, 0.2) is 0 Å². The number of allylic oxidation sites excluding steroid dienone is 1. The van der Waals surface area contributed by atoms with E-state index in [1.807, 2.05) is 6.92 Å². The summed E-state index contributed by atoms with van der Waals surface area (Å²) in [5.41, 5.74) is 10.8. The molecule has 0 aromatic rings. The second kappa shape index (κ2) is 4.18. The van der Waals surface area contributed by atoms with Crippen molar-refractivity contribution < 1.29 is 0 Å². The molecule has 4 N–H and O–H groups in total. The summed E-state index contributed by atoms with van der Waals surface area (Å²) < 4.78 is 0. The number of hydrogen-bond donors (Lipinski definition) is 2. The van der Waals surface area contributed by atoms with E-state index in [0.717, 1.165) is 6.54 Å². The van der Waals surface area contributed by atoms with Crippen LogP contribution in [0.25, 0.3) is 0 Å². The lowest BCUT2D eigenvalue weighted by molar-refractivity contribution is 1.14. The Bertz CT molecular complexity index is 104. The molecule has 0 spiro atoms. The molecule has 3 heteroatoms. The van der Waals surface area contributed by atoms with E-state index in [2.05, 4.69) is 4.99 Å². The zero-order valence-corrected chi connectivity index (χ0v) is 4.96. The van der Waals surface area contributed by atoms with Crippen LogP contribution in [-0.4, -0.2) is 12.8 Å². The topological polar surface area (TPSA) is 64.4 Å². The molecule has 0 fully saturated rings. The van der Waals surface area contributed by atoms with E-state index in [0.29, 0.717) is 5.70 Å². The molecule has 0 unspecified atom stereocenters. The SMILES string of the molecule is CC/N=C\C(N)=C/N. The molecule has 0 radical (unpaired) electrons. The van der Waals surface area contributed by atoms with Crippen LogP contribution in [0.1, 0.15) is 6.92 Å². The molecule has 0 heterocycles. The number of rotatable bonds is 2. The Morgan fingerprint density at radius 3 is 2.75 bits per heavy atom. The van der Waals surface area contributed by atoms with Gasteiger partial charge in [0.2, 0.25) is 0 Å². The number of nitrogens with two attached hydrogens (primary N) is 2. The lowest BCUT2D eigenvalue weighted by Gasteiger charge is -1.84. The first-order valence-corrected chi connectivity index (χ1v) is 2.48. The Kier molecular flexibility index (Phi) is 3.66. The summed E-state index contributed by atoms with van der Waals surface area (Å²) in [7, 11) is 0. The maximum atomic E-state index is 5.25. The molecule has 0 aromatic heterocycles. The van der Waals surface area contributed by atoms with E-state index in [4.69, 9.17) is 11.5 Å². The predicted octanol–water partition coefficient (Wildman–Crippen LogP) is -0.164. The van der Waals surface area contributed by atoms with E-state index < -0.39 is 0 Å². The molecule has 0 bridgehead atoms. The molecule has 0 atom stereocenters. The average molecular weight is 113 g/mol. The van der Waals surface area contributed by atoms with Gasteiger partial charge < -0.3 is 11.5 Å². The van der Waals surface area contributed by atoms with Gasteiger partial charge >= 0.3 is 0 Å². The first-order valence-electron chi connectivity index (χ1n) is 2.48. The minimum absolute atomic E-state index is 0.506. The predicted molar refractivity (Wildman–Crippen MR) is 35.5 cm³/mol. The van der Waals surface area contributed by atoms with Crippen molar-refractivity contribution >= 4 is 6.21 Å². The van der Waals surface area contributed by atoms with Crippen LogP contribution in [0.15, 0.2) is 16.9 Å². The summed E-state index contributed by atoms with van der Waals surface area (Å²) in [5, 5.41) is 0. The van der Waals surface area contributed by atoms with Crippen LogP contribution in [0.2, 0.25) is 0 Å². The first kappa shape index (κ1) is 7.01. The van der Waals surface area contributed by atoms with Crippen molar-refractivity contribution in [3.63, 3.8) is 0 Å². The van der Waals surface area contributed by atoms with Crippen molar-refractivity contribution in [3.05, 3.63) is 11.9 Å². The van der Waals surface area contributed by atoms with Gasteiger partial charge in [0.1, 0.15) is 0 Å². The zero-order chi connectivity index (χ0) is 6.41. The summed E-state index contributed by atoms with van der Waals surface area (Å²) in [5.74, 6) is 0. The van der Waals surface area contributed by atoms with Gasteiger partial charge in [0.25, 0.3) is 0 Å². The summed E-state index contributed by atoms with van der Waals surface area (Å²) in [6.45, 7) is 2.68. The Balaban J connectivity index is 3.53. The van der Waals surface area contributed by atoms with Crippen LogP contribution in [0.3, 0.4) is 0 Å². The lowest BCUT2D eigenvalue weighted by atomic mass is 10.5. The number of hydrogen-bond acceptors (Lipinski definition) is 3. The fraction of sp³-hybridized carbons (Fsp3) is 0.400. The molecule has 0 saturated heterocycles. The van der Waals surface area contributed by atoms with Crippen LogP contribution >= 0.6 is 0 Å². The highest BCUT2D eigenvalue weighted by Gasteiger charge is 1.74. The highest BCUT2D eigenvalue weighted by Crippen LogP contribution is 1.71. The van der Waals surface area contributed by atoms with Gasteiger partial charge in [-0.1, -0.05) is 0 Å². The van der Waals surface area contributed by atoms with Gasteiger partial charge in [0, 0.05) is 19.0 Å². The molecule has 46 valence electrons. The molecular formula is C5H11N3. The fourth-order valence-electron chi connectivity index (χ4n) is 0.240. The van der Waals surface area contributed by atoms with Gasteiger partial charge in [-0.2, -0.15) is 0 Å². The van der Waals surface area contributed by atoms with Gasteiger partial charge in [-0.25, -0.2) is 0 Å². The maximum Gasteiger partial charge on any atom is 0.0652 e. The van der Waals surface area contributed by atoms with E-state index in [9.17, 15) is 0 Å². The van der Waals surface area contributed by atoms with Crippen LogP contribution in [-0.2, 0) is 0 Å². The lowest BCUT2D eigenvalue weighted by Crippen LogP contribution is -2.01. The summed E-state index contributed by atoms with van der Waals surface area (Å²) >= 11 is 0. The molecule has 8 heavy (non-hydrogen) atoms. The van der Waals surface area contributed by atoms with E-state index in [1.54, 1.807) is 6.21 Å². The second-order valence-corrected chi connectivity index (χ2v) is 1.29. The highest BCUT2D eigenvalue weighted by atomic mass is 14.7. The van der Waals surface area contributed by atoms with E-state index in [-0.39, 0.29) is 0 Å². The monoisotopic (exact) mass is 113 g/mol. The van der Waals surface area contributed by atoms with Crippen molar-refractivity contribution in [2.75, 3.05) is 6.54 Å². The van der Waals surface area contributed by atoms with Gasteiger partial charge in [0.05, 0.1) is 5.70 Å². The van der Waals surface area contributed by atoms with Crippen LogP contribution in [0.4, 0.5) is 0 Å². The maximum absolute atomic E-state index is 5.25. The molecule has 0 aliphatic heterocycles. The third kappa shape index (κ3) is 3.21. The Hall–Kier alpha value is -0.990. The van der Waals surface area contributed by atoms with Gasteiger partial charge in [-0.3, -0.25) is 4.99 Å². The van der Waals surface area contributed by atoms with Crippen LogP contribution in [0.5, 0.6) is 0 Å². The van der Waals surface area contributed by atoms with Gasteiger partial charge in [-0.05, 0) is 6.92 Å². The van der Waals surface area contributed by atoms with E-state index >= 15 is 0 Å². The first-order chi connectivity index (χ1) is 3.81.